The first-order valence-electron chi connectivity index (χ1n) is 6.84. The van der Waals surface area contributed by atoms with Gasteiger partial charge in [-0.3, -0.25) is 9.69 Å². The Balaban J connectivity index is 1.91. The van der Waals surface area contributed by atoms with Crippen molar-refractivity contribution in [2.24, 2.45) is 0 Å². The lowest BCUT2D eigenvalue weighted by Crippen LogP contribution is -2.43. The molecule has 5 heteroatoms. The van der Waals surface area contributed by atoms with Crippen LogP contribution in [0.5, 0.6) is 0 Å². The minimum Gasteiger partial charge on any atom is -0.306 e. The number of halogens is 2. The van der Waals surface area contributed by atoms with Gasteiger partial charge in [-0.05, 0) is 45.1 Å². The van der Waals surface area contributed by atoms with E-state index in [4.69, 9.17) is 0 Å². The van der Waals surface area contributed by atoms with E-state index in [-0.39, 0.29) is 17.9 Å². The van der Waals surface area contributed by atoms with Crippen molar-refractivity contribution in [2.75, 3.05) is 33.7 Å². The summed E-state index contributed by atoms with van der Waals surface area (Å²) in [5, 5.41) is 0. The summed E-state index contributed by atoms with van der Waals surface area (Å²) in [5.41, 5.74) is 0.235. The molecular formula is C15H20F2N2O. The summed E-state index contributed by atoms with van der Waals surface area (Å²) < 4.78 is 25.9. The van der Waals surface area contributed by atoms with E-state index in [1.807, 2.05) is 0 Å². The van der Waals surface area contributed by atoms with Gasteiger partial charge >= 0.3 is 0 Å². The van der Waals surface area contributed by atoms with Gasteiger partial charge in [-0.1, -0.05) is 0 Å². The van der Waals surface area contributed by atoms with Gasteiger partial charge in [0, 0.05) is 24.7 Å². The largest absolute Gasteiger partial charge is 0.306 e. The zero-order valence-electron chi connectivity index (χ0n) is 11.9. The molecule has 1 aromatic rings. The Morgan fingerprint density at radius 1 is 1.25 bits per heavy atom. The number of benzene rings is 1. The fourth-order valence-electron chi connectivity index (χ4n) is 2.56. The number of likely N-dealkylation sites (tertiary alicyclic amines) is 1. The van der Waals surface area contributed by atoms with Crippen LogP contribution in [0, 0.1) is 11.6 Å². The van der Waals surface area contributed by atoms with Crippen molar-refractivity contribution in [2.45, 2.75) is 18.9 Å². The molecule has 0 spiro atoms. The summed E-state index contributed by atoms with van der Waals surface area (Å²) in [6.45, 7) is 1.99. The highest BCUT2D eigenvalue weighted by Gasteiger charge is 2.22. The molecule has 0 saturated carbocycles. The van der Waals surface area contributed by atoms with Gasteiger partial charge in [0.15, 0.2) is 17.4 Å². The second-order valence-electron chi connectivity index (χ2n) is 5.52. The van der Waals surface area contributed by atoms with Crippen LogP contribution in [0.25, 0.3) is 0 Å². The molecule has 0 atom stereocenters. The third-order valence-electron chi connectivity index (χ3n) is 3.90. The minimum absolute atomic E-state index is 0.160. The Morgan fingerprint density at radius 2 is 1.90 bits per heavy atom. The normalized spacial score (nSPS) is 17.6. The maximum absolute atomic E-state index is 13.1. The van der Waals surface area contributed by atoms with Crippen LogP contribution in [-0.2, 0) is 0 Å². The van der Waals surface area contributed by atoms with Crippen molar-refractivity contribution in [1.82, 2.24) is 9.80 Å². The van der Waals surface area contributed by atoms with Crippen LogP contribution in [0.2, 0.25) is 0 Å². The van der Waals surface area contributed by atoms with Gasteiger partial charge in [-0.25, -0.2) is 8.78 Å². The minimum atomic E-state index is -0.970. The number of rotatable bonds is 4. The first-order valence-corrected chi connectivity index (χ1v) is 6.84. The van der Waals surface area contributed by atoms with Gasteiger partial charge < -0.3 is 4.90 Å². The lowest BCUT2D eigenvalue weighted by molar-refractivity contribution is 0.0873. The van der Waals surface area contributed by atoms with Gasteiger partial charge in [0.05, 0.1) is 6.54 Å². The second-order valence-corrected chi connectivity index (χ2v) is 5.52. The van der Waals surface area contributed by atoms with Gasteiger partial charge in [0.1, 0.15) is 0 Å². The van der Waals surface area contributed by atoms with Crippen LogP contribution in [0.1, 0.15) is 23.2 Å². The van der Waals surface area contributed by atoms with E-state index in [1.54, 1.807) is 0 Å². The molecule has 1 heterocycles. The maximum Gasteiger partial charge on any atom is 0.176 e. The lowest BCUT2D eigenvalue weighted by Gasteiger charge is -2.34. The number of nitrogens with zero attached hydrogens (tertiary/aromatic N) is 2. The van der Waals surface area contributed by atoms with Crippen LogP contribution in [-0.4, -0.2) is 55.4 Å². The molecule has 20 heavy (non-hydrogen) atoms. The summed E-state index contributed by atoms with van der Waals surface area (Å²) in [7, 11) is 4.12. The number of piperidine rings is 1. The predicted octanol–water partition coefficient (Wildman–Crippen LogP) is 2.17. The summed E-state index contributed by atoms with van der Waals surface area (Å²) >= 11 is 0. The van der Waals surface area contributed by atoms with E-state index < -0.39 is 11.6 Å². The second kappa shape index (κ2) is 6.41. The van der Waals surface area contributed by atoms with Crippen molar-refractivity contribution in [3.63, 3.8) is 0 Å². The predicted molar refractivity (Wildman–Crippen MR) is 73.8 cm³/mol. The van der Waals surface area contributed by atoms with E-state index in [1.165, 1.54) is 6.07 Å². The molecule has 2 rings (SSSR count). The Hall–Kier alpha value is -1.33. The van der Waals surface area contributed by atoms with E-state index >= 15 is 0 Å². The molecule has 1 fully saturated rings. The fourth-order valence-corrected chi connectivity index (χ4v) is 2.56. The topological polar surface area (TPSA) is 23.6 Å². The first-order chi connectivity index (χ1) is 9.47. The molecule has 0 bridgehead atoms. The average Bonchev–Trinajstić information content (AvgIpc) is 2.42. The number of hydrogen-bond donors (Lipinski definition) is 0. The number of carbonyl (C=O) groups excluding carboxylic acids is 1. The highest BCUT2D eigenvalue weighted by molar-refractivity contribution is 5.97. The quantitative estimate of drug-likeness (QED) is 0.791. The highest BCUT2D eigenvalue weighted by atomic mass is 19.2. The van der Waals surface area contributed by atoms with E-state index in [9.17, 15) is 13.6 Å². The molecular weight excluding hydrogens is 262 g/mol. The molecule has 1 aliphatic rings. The van der Waals surface area contributed by atoms with Crippen LogP contribution < -0.4 is 0 Å². The van der Waals surface area contributed by atoms with Crippen molar-refractivity contribution in [3.8, 4) is 0 Å². The summed E-state index contributed by atoms with van der Waals surface area (Å²) in [6, 6.07) is 3.88. The number of carbonyl (C=O) groups is 1. The average molecular weight is 282 g/mol. The Labute approximate surface area is 118 Å². The number of ketones is 1. The third-order valence-corrected chi connectivity index (χ3v) is 3.90. The van der Waals surface area contributed by atoms with Crippen molar-refractivity contribution in [3.05, 3.63) is 35.4 Å². The van der Waals surface area contributed by atoms with Crippen LogP contribution in [0.4, 0.5) is 8.78 Å². The molecule has 1 aromatic carbocycles. The van der Waals surface area contributed by atoms with Crippen LogP contribution in [0.15, 0.2) is 18.2 Å². The van der Waals surface area contributed by atoms with Gasteiger partial charge in [-0.2, -0.15) is 0 Å². The van der Waals surface area contributed by atoms with Crippen molar-refractivity contribution in [1.29, 1.82) is 0 Å². The molecule has 0 radical (unpaired) electrons. The Bertz CT molecular complexity index is 483. The number of Topliss-reactive ketones (excluding diaryl/α,β-unsaturated/α-hetero) is 1. The standard InChI is InChI=1S/C15H20F2N2O/c1-18(2)12-5-7-19(8-6-12)10-15(20)11-3-4-13(16)14(17)9-11/h3-4,9,12H,5-8,10H2,1-2H3. The van der Waals surface area contributed by atoms with E-state index in [0.717, 1.165) is 38.1 Å². The third kappa shape index (κ3) is 3.61. The molecule has 0 aliphatic carbocycles. The Kier molecular flexibility index (Phi) is 4.83. The monoisotopic (exact) mass is 282 g/mol. The molecule has 1 aliphatic heterocycles. The van der Waals surface area contributed by atoms with Crippen LogP contribution >= 0.6 is 0 Å². The summed E-state index contributed by atoms with van der Waals surface area (Å²) in [5.74, 6) is -2.05. The van der Waals surface area contributed by atoms with Gasteiger partial charge in [0.25, 0.3) is 0 Å². The molecule has 3 nitrogen and oxygen atoms in total. The van der Waals surface area contributed by atoms with Crippen LogP contribution in [0.3, 0.4) is 0 Å². The Morgan fingerprint density at radius 3 is 2.45 bits per heavy atom. The molecule has 1 saturated heterocycles. The van der Waals surface area contributed by atoms with E-state index in [0.29, 0.717) is 6.04 Å². The maximum atomic E-state index is 13.1. The summed E-state index contributed by atoms with van der Waals surface area (Å²) in [6.07, 6.45) is 2.05. The SMILES string of the molecule is CN(C)C1CCN(CC(=O)c2ccc(F)c(F)c2)CC1. The van der Waals surface area contributed by atoms with E-state index in [2.05, 4.69) is 23.9 Å². The smallest absolute Gasteiger partial charge is 0.176 e. The van der Waals surface area contributed by atoms with Crippen molar-refractivity contribution >= 4 is 5.78 Å². The molecule has 0 N–H and O–H groups in total. The van der Waals surface area contributed by atoms with Crippen molar-refractivity contribution < 1.29 is 13.6 Å². The van der Waals surface area contributed by atoms with Gasteiger partial charge in [-0.15, -0.1) is 0 Å². The number of hydrogen-bond acceptors (Lipinski definition) is 3. The van der Waals surface area contributed by atoms with Gasteiger partial charge in [0.2, 0.25) is 0 Å². The molecule has 0 aromatic heterocycles. The zero-order chi connectivity index (χ0) is 14.7. The molecule has 0 unspecified atom stereocenters. The first kappa shape index (κ1) is 15.1. The molecule has 110 valence electrons. The fraction of sp³-hybridized carbons (Fsp3) is 0.533. The molecule has 0 amide bonds. The summed E-state index contributed by atoms with van der Waals surface area (Å²) in [4.78, 5) is 16.3. The lowest BCUT2D eigenvalue weighted by atomic mass is 10.0. The highest BCUT2D eigenvalue weighted by Crippen LogP contribution is 2.15. The zero-order valence-corrected chi connectivity index (χ0v) is 11.9.